The summed E-state index contributed by atoms with van der Waals surface area (Å²) in [6.45, 7) is 0. The Bertz CT molecular complexity index is 555. The van der Waals surface area contributed by atoms with Gasteiger partial charge >= 0.3 is 0 Å². The number of hydrogen-bond donors (Lipinski definition) is 2. The highest BCUT2D eigenvalue weighted by atomic mass is 19.1. The van der Waals surface area contributed by atoms with Crippen LogP contribution in [-0.4, -0.2) is 17.9 Å². The Hall–Kier alpha value is -2.49. The minimum absolute atomic E-state index is 0.00686. The van der Waals surface area contributed by atoms with Gasteiger partial charge in [0.2, 0.25) is 11.8 Å². The number of nitrogens with one attached hydrogen (secondary N) is 1. The maximum Gasteiger partial charge on any atom is 0.240 e. The zero-order valence-electron chi connectivity index (χ0n) is 10.5. The van der Waals surface area contributed by atoms with Gasteiger partial charge in [0, 0.05) is 12.5 Å². The monoisotopic (exact) mass is 281 g/mol. The van der Waals surface area contributed by atoms with Gasteiger partial charge in [-0.15, -0.1) is 0 Å². The van der Waals surface area contributed by atoms with Crippen LogP contribution in [0.3, 0.4) is 0 Å². The molecule has 7 heteroatoms. The number of halogens is 2. The van der Waals surface area contributed by atoms with E-state index < -0.39 is 29.5 Å². The summed E-state index contributed by atoms with van der Waals surface area (Å²) in [5.41, 5.74) is 5.09. The summed E-state index contributed by atoms with van der Waals surface area (Å²) >= 11 is 0. The van der Waals surface area contributed by atoms with E-state index in [4.69, 9.17) is 11.0 Å². The zero-order valence-corrected chi connectivity index (χ0v) is 10.5. The van der Waals surface area contributed by atoms with Crippen LogP contribution in [-0.2, 0) is 16.0 Å². The standard InChI is InChI=1S/C13H13F2N3O2/c14-9-4-3-8(10(15)7-9)6-12(19)18-11(13(17)20)2-1-5-16/h3-4,7,11H,1-2,6H2,(H2,17,20)(H,18,19)/t11-/m0/s1. The van der Waals surface area contributed by atoms with Gasteiger partial charge in [-0.1, -0.05) is 6.07 Å². The van der Waals surface area contributed by atoms with Crippen LogP contribution in [0, 0.1) is 23.0 Å². The molecule has 0 saturated carbocycles. The molecule has 1 atom stereocenters. The van der Waals surface area contributed by atoms with E-state index in [9.17, 15) is 18.4 Å². The van der Waals surface area contributed by atoms with Crippen LogP contribution in [0.4, 0.5) is 8.78 Å². The lowest BCUT2D eigenvalue weighted by atomic mass is 10.1. The normalized spacial score (nSPS) is 11.4. The predicted molar refractivity (Wildman–Crippen MR) is 66.0 cm³/mol. The van der Waals surface area contributed by atoms with Gasteiger partial charge in [0.15, 0.2) is 0 Å². The van der Waals surface area contributed by atoms with Gasteiger partial charge in [0.05, 0.1) is 12.5 Å². The fourth-order valence-corrected chi connectivity index (χ4v) is 1.58. The molecule has 0 aliphatic heterocycles. The number of amides is 2. The van der Waals surface area contributed by atoms with E-state index in [1.165, 1.54) is 0 Å². The van der Waals surface area contributed by atoms with Crippen molar-refractivity contribution in [1.82, 2.24) is 5.32 Å². The number of nitrogens with zero attached hydrogens (tertiary/aromatic N) is 1. The first-order valence-electron chi connectivity index (χ1n) is 5.83. The molecule has 0 aromatic heterocycles. The second kappa shape index (κ2) is 7.19. The average Bonchev–Trinajstić information content (AvgIpc) is 2.37. The van der Waals surface area contributed by atoms with Gasteiger partial charge in [0.1, 0.15) is 17.7 Å². The van der Waals surface area contributed by atoms with Gasteiger partial charge in [0.25, 0.3) is 0 Å². The van der Waals surface area contributed by atoms with Crippen LogP contribution in [0.25, 0.3) is 0 Å². The van der Waals surface area contributed by atoms with Crippen LogP contribution in [0.5, 0.6) is 0 Å². The van der Waals surface area contributed by atoms with Crippen molar-refractivity contribution >= 4 is 11.8 Å². The second-order valence-corrected chi connectivity index (χ2v) is 4.13. The van der Waals surface area contributed by atoms with Crippen molar-refractivity contribution in [2.75, 3.05) is 0 Å². The van der Waals surface area contributed by atoms with Gasteiger partial charge < -0.3 is 11.1 Å². The summed E-state index contributed by atoms with van der Waals surface area (Å²) in [7, 11) is 0. The minimum Gasteiger partial charge on any atom is -0.368 e. The molecule has 0 bridgehead atoms. The maximum absolute atomic E-state index is 13.4. The first kappa shape index (κ1) is 15.6. The number of carbonyl (C=O) groups is 2. The molecular weight excluding hydrogens is 268 g/mol. The van der Waals surface area contributed by atoms with Crippen molar-refractivity contribution < 1.29 is 18.4 Å². The molecule has 0 aliphatic carbocycles. The molecule has 3 N–H and O–H groups in total. The average molecular weight is 281 g/mol. The molecule has 5 nitrogen and oxygen atoms in total. The van der Waals surface area contributed by atoms with E-state index >= 15 is 0 Å². The van der Waals surface area contributed by atoms with E-state index in [2.05, 4.69) is 5.32 Å². The van der Waals surface area contributed by atoms with Crippen LogP contribution in [0.2, 0.25) is 0 Å². The predicted octanol–water partition coefficient (Wildman–Crippen LogP) is 0.781. The molecule has 0 radical (unpaired) electrons. The fraction of sp³-hybridized carbons (Fsp3) is 0.308. The number of benzene rings is 1. The fourth-order valence-electron chi connectivity index (χ4n) is 1.58. The molecular formula is C13H13F2N3O2. The molecule has 0 aliphatic rings. The third-order valence-corrected chi connectivity index (χ3v) is 2.59. The molecule has 106 valence electrons. The van der Waals surface area contributed by atoms with Gasteiger partial charge in [-0.05, 0) is 18.1 Å². The summed E-state index contributed by atoms with van der Waals surface area (Å²) < 4.78 is 26.1. The molecule has 0 saturated heterocycles. The van der Waals surface area contributed by atoms with Crippen LogP contribution < -0.4 is 11.1 Å². The molecule has 0 spiro atoms. The molecule has 0 unspecified atom stereocenters. The van der Waals surface area contributed by atoms with Gasteiger partial charge in [-0.2, -0.15) is 5.26 Å². The second-order valence-electron chi connectivity index (χ2n) is 4.13. The smallest absolute Gasteiger partial charge is 0.240 e. The summed E-state index contributed by atoms with van der Waals surface area (Å²) in [4.78, 5) is 22.7. The number of hydrogen-bond acceptors (Lipinski definition) is 3. The highest BCUT2D eigenvalue weighted by Gasteiger charge is 2.18. The topological polar surface area (TPSA) is 96.0 Å². The highest BCUT2D eigenvalue weighted by molar-refractivity contribution is 5.87. The Morgan fingerprint density at radius 3 is 2.65 bits per heavy atom. The third-order valence-electron chi connectivity index (χ3n) is 2.59. The Balaban J connectivity index is 2.66. The number of carbonyl (C=O) groups excluding carboxylic acids is 2. The Kier molecular flexibility index (Phi) is 5.59. The summed E-state index contributed by atoms with van der Waals surface area (Å²) in [5, 5.41) is 10.7. The van der Waals surface area contributed by atoms with E-state index in [0.29, 0.717) is 6.07 Å². The molecule has 0 heterocycles. The van der Waals surface area contributed by atoms with E-state index in [0.717, 1.165) is 12.1 Å². The number of primary amides is 1. The molecule has 1 aromatic rings. The van der Waals surface area contributed by atoms with Crippen molar-refractivity contribution in [3.8, 4) is 6.07 Å². The minimum atomic E-state index is -0.981. The lowest BCUT2D eigenvalue weighted by molar-refractivity contribution is -0.127. The Morgan fingerprint density at radius 2 is 2.10 bits per heavy atom. The third kappa shape index (κ3) is 4.65. The van der Waals surface area contributed by atoms with Crippen molar-refractivity contribution in [2.24, 2.45) is 5.73 Å². The van der Waals surface area contributed by atoms with E-state index in [-0.39, 0.29) is 24.8 Å². The largest absolute Gasteiger partial charge is 0.368 e. The molecule has 2 amide bonds. The van der Waals surface area contributed by atoms with Crippen molar-refractivity contribution in [3.05, 3.63) is 35.4 Å². The summed E-state index contributed by atoms with van der Waals surface area (Å²) in [6.07, 6.45) is -0.204. The first-order valence-corrected chi connectivity index (χ1v) is 5.83. The zero-order chi connectivity index (χ0) is 15.1. The van der Waals surface area contributed by atoms with Crippen LogP contribution >= 0.6 is 0 Å². The van der Waals surface area contributed by atoms with Gasteiger partial charge in [-0.3, -0.25) is 9.59 Å². The lowest BCUT2D eigenvalue weighted by Gasteiger charge is -2.14. The molecule has 20 heavy (non-hydrogen) atoms. The van der Waals surface area contributed by atoms with Crippen molar-refractivity contribution in [2.45, 2.75) is 25.3 Å². The van der Waals surface area contributed by atoms with Crippen LogP contribution in [0.1, 0.15) is 18.4 Å². The number of nitrogens with two attached hydrogens (primary N) is 1. The number of nitriles is 1. The summed E-state index contributed by atoms with van der Waals surface area (Å²) in [6, 6.07) is 3.71. The SMILES string of the molecule is N#CCC[C@H](NC(=O)Cc1ccc(F)cc1F)C(N)=O. The Labute approximate surface area is 114 Å². The first-order chi connectivity index (χ1) is 9.43. The molecule has 1 rings (SSSR count). The lowest BCUT2D eigenvalue weighted by Crippen LogP contribution is -2.45. The van der Waals surface area contributed by atoms with E-state index in [1.807, 2.05) is 6.07 Å². The maximum atomic E-state index is 13.4. The highest BCUT2D eigenvalue weighted by Crippen LogP contribution is 2.10. The van der Waals surface area contributed by atoms with Gasteiger partial charge in [-0.25, -0.2) is 8.78 Å². The van der Waals surface area contributed by atoms with Crippen molar-refractivity contribution in [3.63, 3.8) is 0 Å². The molecule has 0 fully saturated rings. The van der Waals surface area contributed by atoms with Crippen molar-refractivity contribution in [1.29, 1.82) is 5.26 Å². The van der Waals surface area contributed by atoms with E-state index in [1.54, 1.807) is 0 Å². The Morgan fingerprint density at radius 1 is 1.40 bits per heavy atom. The number of rotatable bonds is 6. The quantitative estimate of drug-likeness (QED) is 0.806. The summed E-state index contributed by atoms with van der Waals surface area (Å²) in [5.74, 6) is -2.98. The molecule has 1 aromatic carbocycles. The van der Waals surface area contributed by atoms with Crippen LogP contribution in [0.15, 0.2) is 18.2 Å².